The molecule has 0 radical (unpaired) electrons. The van der Waals surface area contributed by atoms with Crippen LogP contribution in [0.15, 0.2) is 72.9 Å². The molecule has 0 aliphatic heterocycles. The molecule has 0 rings (SSSR count). The van der Waals surface area contributed by atoms with Crippen LogP contribution in [0.3, 0.4) is 0 Å². The van der Waals surface area contributed by atoms with Crippen molar-refractivity contribution in [2.75, 3.05) is 0 Å². The van der Waals surface area contributed by atoms with E-state index < -0.39 is 16.6 Å². The summed E-state index contributed by atoms with van der Waals surface area (Å²) >= 11 is 0. The molecule has 0 aromatic rings. The van der Waals surface area contributed by atoms with Crippen LogP contribution in [0.5, 0.6) is 0 Å². The summed E-state index contributed by atoms with van der Waals surface area (Å²) in [4.78, 5) is 0. The molecule has 4 heteroatoms. The van der Waals surface area contributed by atoms with E-state index in [-0.39, 0.29) is 22.3 Å². The van der Waals surface area contributed by atoms with E-state index in [4.69, 9.17) is 8.85 Å². The van der Waals surface area contributed by atoms with Gasteiger partial charge in [-0.05, 0) is 68.4 Å². The number of hydrogen-bond acceptors (Lipinski definition) is 2. The van der Waals surface area contributed by atoms with Crippen molar-refractivity contribution in [1.82, 2.24) is 0 Å². The standard InChI is InChI=1S/C34H62O2Si2/c1-13-15-17-18-19-20-24-28-32(36-38(11,12)34(6,7)8)30-26-22-21-25-29-31(27-23-16-14-2)35-37(9,10)33(3,4)5/h16-18,20-26,29-32H,13-15,19,27-28H2,1-12H3/b18-17-,22-21-,23-16-,24-20-,29-25+,30-26+/t31-,32-/m0/s1. The Morgan fingerprint density at radius 2 is 1.00 bits per heavy atom. The van der Waals surface area contributed by atoms with Crippen molar-refractivity contribution in [1.29, 1.82) is 0 Å². The van der Waals surface area contributed by atoms with E-state index >= 15 is 0 Å². The fourth-order valence-corrected chi connectivity index (χ4v) is 5.70. The Balaban J connectivity index is 5.39. The molecule has 218 valence electrons. The average Bonchev–Trinajstić information content (AvgIpc) is 2.78. The number of rotatable bonds is 17. The molecular formula is C34H62O2Si2. The molecule has 0 fully saturated rings. The third-order valence-corrected chi connectivity index (χ3v) is 16.7. The minimum atomic E-state index is -1.86. The Kier molecular flexibility index (Phi) is 17.6. The van der Waals surface area contributed by atoms with E-state index in [2.05, 4.69) is 154 Å². The molecule has 0 amide bonds. The fourth-order valence-electron chi connectivity index (χ4n) is 3.13. The van der Waals surface area contributed by atoms with Gasteiger partial charge in [-0.2, -0.15) is 0 Å². The number of hydrogen-bond donors (Lipinski definition) is 0. The van der Waals surface area contributed by atoms with Gasteiger partial charge in [0.15, 0.2) is 16.6 Å². The fraction of sp³-hybridized carbons (Fsp3) is 0.647. The molecular weight excluding hydrogens is 497 g/mol. The van der Waals surface area contributed by atoms with Crippen molar-refractivity contribution in [3.8, 4) is 0 Å². The van der Waals surface area contributed by atoms with Crippen LogP contribution in [0.25, 0.3) is 0 Å². The summed E-state index contributed by atoms with van der Waals surface area (Å²) in [6.07, 6.45) is 32.9. The maximum atomic E-state index is 6.74. The molecule has 0 aromatic heterocycles. The van der Waals surface area contributed by atoms with Gasteiger partial charge in [0.05, 0.1) is 12.2 Å². The zero-order valence-corrected chi connectivity index (χ0v) is 29.1. The van der Waals surface area contributed by atoms with Gasteiger partial charge >= 0.3 is 0 Å². The quantitative estimate of drug-likeness (QED) is 0.100. The SMILES string of the molecule is CC/C=C\C[C@@H](/C=C/C=C\C=C\[C@H](C/C=C\C/C=C\CCC)O[Si](C)(C)C(C)(C)C)O[Si](C)(C)C(C)(C)C. The molecule has 0 heterocycles. The lowest BCUT2D eigenvalue weighted by Gasteiger charge is -2.38. The van der Waals surface area contributed by atoms with Gasteiger partial charge < -0.3 is 8.85 Å². The molecule has 2 nitrogen and oxygen atoms in total. The first-order chi connectivity index (χ1) is 17.6. The van der Waals surface area contributed by atoms with Gasteiger partial charge in [-0.15, -0.1) is 0 Å². The Morgan fingerprint density at radius 3 is 1.39 bits per heavy atom. The predicted octanol–water partition coefficient (Wildman–Crippen LogP) is 11.5. The van der Waals surface area contributed by atoms with Gasteiger partial charge in [0.1, 0.15) is 0 Å². The van der Waals surface area contributed by atoms with Crippen LogP contribution in [0.4, 0.5) is 0 Å². The molecule has 0 saturated heterocycles. The highest BCUT2D eigenvalue weighted by Gasteiger charge is 2.39. The summed E-state index contributed by atoms with van der Waals surface area (Å²) in [6.45, 7) is 27.5. The second kappa shape index (κ2) is 18.2. The number of unbranched alkanes of at least 4 members (excludes halogenated alkanes) is 1. The van der Waals surface area contributed by atoms with E-state index in [0.717, 1.165) is 32.1 Å². The summed E-state index contributed by atoms with van der Waals surface area (Å²) in [6, 6.07) is 0. The Labute approximate surface area is 240 Å². The zero-order valence-electron chi connectivity index (χ0n) is 27.1. The highest BCUT2D eigenvalue weighted by Crippen LogP contribution is 2.38. The normalized spacial score (nSPS) is 16.4. The highest BCUT2D eigenvalue weighted by molar-refractivity contribution is 6.74. The van der Waals surface area contributed by atoms with Gasteiger partial charge in [0.25, 0.3) is 0 Å². The Morgan fingerprint density at radius 1 is 0.579 bits per heavy atom. The molecule has 38 heavy (non-hydrogen) atoms. The Hall–Kier alpha value is -1.21. The van der Waals surface area contributed by atoms with Gasteiger partial charge in [0.2, 0.25) is 0 Å². The van der Waals surface area contributed by atoms with Gasteiger partial charge in [-0.25, -0.2) is 0 Å². The average molecular weight is 559 g/mol. The first-order valence-electron chi connectivity index (χ1n) is 14.9. The molecule has 0 N–H and O–H groups in total. The summed E-state index contributed by atoms with van der Waals surface area (Å²) < 4.78 is 13.4. The summed E-state index contributed by atoms with van der Waals surface area (Å²) in [5, 5.41) is 0.390. The Bertz CT molecular complexity index is 799. The minimum Gasteiger partial charge on any atom is -0.410 e. The van der Waals surface area contributed by atoms with Crippen LogP contribution in [0.2, 0.25) is 36.3 Å². The first-order valence-corrected chi connectivity index (χ1v) is 20.7. The van der Waals surface area contributed by atoms with Crippen LogP contribution in [0.1, 0.15) is 93.9 Å². The topological polar surface area (TPSA) is 18.5 Å². The van der Waals surface area contributed by atoms with Crippen LogP contribution in [-0.4, -0.2) is 28.8 Å². The van der Waals surface area contributed by atoms with E-state index in [1.165, 1.54) is 6.42 Å². The largest absolute Gasteiger partial charge is 0.410 e. The zero-order chi connectivity index (χ0) is 29.3. The van der Waals surface area contributed by atoms with Crippen molar-refractivity contribution in [2.24, 2.45) is 0 Å². The van der Waals surface area contributed by atoms with E-state index in [1.807, 2.05) is 0 Å². The van der Waals surface area contributed by atoms with Crippen LogP contribution in [0, 0.1) is 0 Å². The summed E-state index contributed by atoms with van der Waals surface area (Å²) in [5.41, 5.74) is 0. The predicted molar refractivity (Wildman–Crippen MR) is 178 cm³/mol. The molecule has 0 spiro atoms. The van der Waals surface area contributed by atoms with Crippen LogP contribution >= 0.6 is 0 Å². The monoisotopic (exact) mass is 558 g/mol. The van der Waals surface area contributed by atoms with Crippen molar-refractivity contribution >= 4 is 16.6 Å². The van der Waals surface area contributed by atoms with Crippen LogP contribution in [-0.2, 0) is 8.85 Å². The van der Waals surface area contributed by atoms with Crippen LogP contribution < -0.4 is 0 Å². The minimum absolute atomic E-state index is 0.0919. The second-order valence-corrected chi connectivity index (χ2v) is 22.8. The summed E-state index contributed by atoms with van der Waals surface area (Å²) in [7, 11) is -3.68. The molecule has 0 aromatic carbocycles. The molecule has 0 unspecified atom stereocenters. The smallest absolute Gasteiger partial charge is 0.192 e. The lowest BCUT2D eigenvalue weighted by atomic mass is 10.2. The van der Waals surface area contributed by atoms with Gasteiger partial charge in [-0.3, -0.25) is 0 Å². The summed E-state index contributed by atoms with van der Waals surface area (Å²) in [5.74, 6) is 0. The van der Waals surface area contributed by atoms with E-state index in [0.29, 0.717) is 0 Å². The van der Waals surface area contributed by atoms with Crippen molar-refractivity contribution < 1.29 is 8.85 Å². The third kappa shape index (κ3) is 16.0. The van der Waals surface area contributed by atoms with Crippen molar-refractivity contribution in [3.63, 3.8) is 0 Å². The first kappa shape index (κ1) is 36.8. The van der Waals surface area contributed by atoms with Crippen molar-refractivity contribution in [3.05, 3.63) is 72.9 Å². The second-order valence-electron chi connectivity index (χ2n) is 13.3. The van der Waals surface area contributed by atoms with Crippen molar-refractivity contribution in [2.45, 2.75) is 142 Å². The molecule has 0 bridgehead atoms. The van der Waals surface area contributed by atoms with Gasteiger partial charge in [0, 0.05) is 0 Å². The maximum absolute atomic E-state index is 6.74. The maximum Gasteiger partial charge on any atom is 0.192 e. The lowest BCUT2D eigenvalue weighted by molar-refractivity contribution is 0.227. The highest BCUT2D eigenvalue weighted by atomic mass is 28.4. The van der Waals surface area contributed by atoms with E-state index in [1.54, 1.807) is 0 Å². The number of allylic oxidation sites excluding steroid dienone is 8. The van der Waals surface area contributed by atoms with Gasteiger partial charge in [-0.1, -0.05) is 135 Å². The molecule has 0 saturated carbocycles. The molecule has 0 aliphatic rings. The molecule has 2 atom stereocenters. The lowest BCUT2D eigenvalue weighted by Crippen LogP contribution is -2.43. The molecule has 0 aliphatic carbocycles. The third-order valence-electron chi connectivity index (χ3n) is 7.69. The van der Waals surface area contributed by atoms with E-state index in [9.17, 15) is 0 Å².